The summed E-state index contributed by atoms with van der Waals surface area (Å²) in [6.07, 6.45) is 6.67. The molecule has 1 aromatic carbocycles. The van der Waals surface area contributed by atoms with Crippen LogP contribution in [0.1, 0.15) is 24.8 Å². The quantitative estimate of drug-likeness (QED) is 0.819. The molecule has 1 aliphatic rings. The maximum atomic E-state index is 11.9. The predicted molar refractivity (Wildman–Crippen MR) is 87.0 cm³/mol. The Kier molecular flexibility index (Phi) is 5.56. The highest BCUT2D eigenvalue weighted by Gasteiger charge is 2.19. The first-order valence-corrected chi connectivity index (χ1v) is 7.84. The molecule has 1 aliphatic carbocycles. The molecule has 0 saturated carbocycles. The number of carbonyl (C=O) groups excluding carboxylic acids is 2. The standard InChI is InChI=1S/C16H19BrN2O2/c1-11-9-13(17)7-8-14(11)19-15(20)10-18-16(21)12-5-3-2-4-6-12/h2-3,7-9,12H,4-6,10H2,1H3,(H,18,21)(H,19,20)/t12-/m1/s1. The topological polar surface area (TPSA) is 58.2 Å². The normalized spacial score (nSPS) is 17.3. The van der Waals surface area contributed by atoms with Gasteiger partial charge in [-0.05, 0) is 49.9 Å². The van der Waals surface area contributed by atoms with E-state index in [0.717, 1.165) is 35.0 Å². The van der Waals surface area contributed by atoms with Gasteiger partial charge in [-0.25, -0.2) is 0 Å². The summed E-state index contributed by atoms with van der Waals surface area (Å²) < 4.78 is 0.969. The van der Waals surface area contributed by atoms with Crippen LogP contribution in [0.2, 0.25) is 0 Å². The van der Waals surface area contributed by atoms with Gasteiger partial charge in [-0.1, -0.05) is 28.1 Å². The smallest absolute Gasteiger partial charge is 0.243 e. The number of halogens is 1. The zero-order chi connectivity index (χ0) is 15.2. The second-order valence-corrected chi connectivity index (χ2v) is 6.12. The summed E-state index contributed by atoms with van der Waals surface area (Å²) in [5.74, 6) is -0.251. The highest BCUT2D eigenvalue weighted by Crippen LogP contribution is 2.20. The van der Waals surface area contributed by atoms with E-state index in [0.29, 0.717) is 0 Å². The first-order valence-electron chi connectivity index (χ1n) is 7.05. The summed E-state index contributed by atoms with van der Waals surface area (Å²) in [5.41, 5.74) is 1.74. The monoisotopic (exact) mass is 350 g/mol. The van der Waals surface area contributed by atoms with E-state index in [-0.39, 0.29) is 24.3 Å². The molecule has 1 atom stereocenters. The lowest BCUT2D eigenvalue weighted by atomic mass is 9.94. The van der Waals surface area contributed by atoms with Crippen molar-refractivity contribution in [3.63, 3.8) is 0 Å². The third kappa shape index (κ3) is 4.70. The Morgan fingerprint density at radius 2 is 2.14 bits per heavy atom. The van der Waals surface area contributed by atoms with Crippen LogP contribution < -0.4 is 10.6 Å². The van der Waals surface area contributed by atoms with Crippen molar-refractivity contribution in [3.05, 3.63) is 40.4 Å². The number of anilines is 1. The van der Waals surface area contributed by atoms with Crippen LogP contribution in [0.25, 0.3) is 0 Å². The van der Waals surface area contributed by atoms with Gasteiger partial charge in [0, 0.05) is 16.1 Å². The third-order valence-corrected chi connectivity index (χ3v) is 4.02. The number of carbonyl (C=O) groups is 2. The lowest BCUT2D eigenvalue weighted by Crippen LogP contribution is -2.37. The van der Waals surface area contributed by atoms with Crippen molar-refractivity contribution in [2.45, 2.75) is 26.2 Å². The Morgan fingerprint density at radius 3 is 2.81 bits per heavy atom. The lowest BCUT2D eigenvalue weighted by Gasteiger charge is -2.17. The van der Waals surface area contributed by atoms with Gasteiger partial charge in [0.05, 0.1) is 6.54 Å². The summed E-state index contributed by atoms with van der Waals surface area (Å²) in [7, 11) is 0. The molecule has 0 heterocycles. The van der Waals surface area contributed by atoms with E-state index in [1.807, 2.05) is 31.2 Å². The molecule has 0 bridgehead atoms. The SMILES string of the molecule is Cc1cc(Br)ccc1NC(=O)CNC(=O)[C@@H]1CC=CCC1. The van der Waals surface area contributed by atoms with Crippen molar-refractivity contribution in [2.24, 2.45) is 5.92 Å². The number of aryl methyl sites for hydroxylation is 1. The van der Waals surface area contributed by atoms with Crippen LogP contribution in [0.15, 0.2) is 34.8 Å². The van der Waals surface area contributed by atoms with Gasteiger partial charge < -0.3 is 10.6 Å². The molecule has 0 aromatic heterocycles. The van der Waals surface area contributed by atoms with E-state index >= 15 is 0 Å². The molecule has 0 unspecified atom stereocenters. The molecule has 2 rings (SSSR count). The van der Waals surface area contributed by atoms with E-state index < -0.39 is 0 Å². The Bertz CT molecular complexity index is 569. The average Bonchev–Trinajstić information content (AvgIpc) is 2.48. The summed E-state index contributed by atoms with van der Waals surface area (Å²) in [4.78, 5) is 23.8. The molecule has 1 aromatic rings. The van der Waals surface area contributed by atoms with E-state index in [9.17, 15) is 9.59 Å². The summed E-state index contributed by atoms with van der Waals surface area (Å²) in [6, 6.07) is 5.64. The maximum absolute atomic E-state index is 11.9. The van der Waals surface area contributed by atoms with Gasteiger partial charge in [-0.15, -0.1) is 0 Å². The number of amides is 2. The molecule has 0 saturated heterocycles. The molecule has 21 heavy (non-hydrogen) atoms. The van der Waals surface area contributed by atoms with Crippen LogP contribution in [-0.2, 0) is 9.59 Å². The molecule has 2 N–H and O–H groups in total. The van der Waals surface area contributed by atoms with Crippen LogP contribution in [0, 0.1) is 12.8 Å². The molecule has 4 nitrogen and oxygen atoms in total. The lowest BCUT2D eigenvalue weighted by molar-refractivity contribution is -0.127. The minimum Gasteiger partial charge on any atom is -0.347 e. The minimum absolute atomic E-state index is 0.00258. The molecular weight excluding hydrogens is 332 g/mol. The fraction of sp³-hybridized carbons (Fsp3) is 0.375. The van der Waals surface area contributed by atoms with Gasteiger partial charge >= 0.3 is 0 Å². The second-order valence-electron chi connectivity index (χ2n) is 5.21. The highest BCUT2D eigenvalue weighted by molar-refractivity contribution is 9.10. The fourth-order valence-corrected chi connectivity index (χ4v) is 2.78. The Hall–Kier alpha value is -1.62. The summed E-state index contributed by atoms with van der Waals surface area (Å²) in [6.45, 7) is 1.93. The van der Waals surface area contributed by atoms with E-state index in [1.165, 1.54) is 0 Å². The van der Waals surface area contributed by atoms with Crippen LogP contribution in [0.4, 0.5) is 5.69 Å². The molecule has 0 spiro atoms. The summed E-state index contributed by atoms with van der Waals surface area (Å²) >= 11 is 3.38. The zero-order valence-corrected chi connectivity index (χ0v) is 13.6. The molecular formula is C16H19BrN2O2. The van der Waals surface area contributed by atoms with Gasteiger partial charge in [0.25, 0.3) is 0 Å². The number of benzene rings is 1. The van der Waals surface area contributed by atoms with Crippen LogP contribution in [0.3, 0.4) is 0 Å². The fourth-order valence-electron chi connectivity index (χ4n) is 2.31. The van der Waals surface area contributed by atoms with Crippen molar-refractivity contribution >= 4 is 33.4 Å². The van der Waals surface area contributed by atoms with Crippen molar-refractivity contribution in [3.8, 4) is 0 Å². The number of hydrogen-bond donors (Lipinski definition) is 2. The molecule has 2 amide bonds. The first kappa shape index (κ1) is 15.8. The Labute approximate surface area is 133 Å². The van der Waals surface area contributed by atoms with Crippen LogP contribution >= 0.6 is 15.9 Å². The molecule has 0 aliphatic heterocycles. The van der Waals surface area contributed by atoms with E-state index in [4.69, 9.17) is 0 Å². The predicted octanol–water partition coefficient (Wildman–Crippen LogP) is 3.17. The molecule has 0 fully saturated rings. The number of nitrogens with one attached hydrogen (secondary N) is 2. The molecule has 112 valence electrons. The van der Waals surface area contributed by atoms with Gasteiger partial charge in [0.2, 0.25) is 11.8 Å². The first-order chi connectivity index (χ1) is 10.1. The van der Waals surface area contributed by atoms with Gasteiger partial charge in [-0.3, -0.25) is 9.59 Å². The maximum Gasteiger partial charge on any atom is 0.243 e. The number of rotatable bonds is 4. The van der Waals surface area contributed by atoms with Crippen molar-refractivity contribution in [2.75, 3.05) is 11.9 Å². The minimum atomic E-state index is -0.208. The van der Waals surface area contributed by atoms with Crippen molar-refractivity contribution < 1.29 is 9.59 Å². The zero-order valence-electron chi connectivity index (χ0n) is 12.0. The number of hydrogen-bond acceptors (Lipinski definition) is 2. The Morgan fingerprint density at radius 1 is 1.33 bits per heavy atom. The highest BCUT2D eigenvalue weighted by atomic mass is 79.9. The van der Waals surface area contributed by atoms with Crippen molar-refractivity contribution in [1.29, 1.82) is 0 Å². The van der Waals surface area contributed by atoms with Crippen molar-refractivity contribution in [1.82, 2.24) is 5.32 Å². The third-order valence-electron chi connectivity index (χ3n) is 3.53. The summed E-state index contributed by atoms with van der Waals surface area (Å²) in [5, 5.41) is 5.52. The average molecular weight is 351 g/mol. The second kappa shape index (κ2) is 7.41. The molecule has 0 radical (unpaired) electrons. The van der Waals surface area contributed by atoms with Crippen LogP contribution in [-0.4, -0.2) is 18.4 Å². The number of allylic oxidation sites excluding steroid dienone is 2. The Balaban J connectivity index is 1.81. The molecule has 5 heteroatoms. The van der Waals surface area contributed by atoms with Crippen LogP contribution in [0.5, 0.6) is 0 Å². The van der Waals surface area contributed by atoms with E-state index in [1.54, 1.807) is 0 Å². The van der Waals surface area contributed by atoms with Gasteiger partial charge in [-0.2, -0.15) is 0 Å². The van der Waals surface area contributed by atoms with Gasteiger partial charge in [0.15, 0.2) is 0 Å². The van der Waals surface area contributed by atoms with E-state index in [2.05, 4.69) is 32.6 Å². The van der Waals surface area contributed by atoms with Gasteiger partial charge in [0.1, 0.15) is 0 Å². The largest absolute Gasteiger partial charge is 0.347 e.